The van der Waals surface area contributed by atoms with Crippen molar-refractivity contribution < 1.29 is 14.3 Å². The highest BCUT2D eigenvalue weighted by molar-refractivity contribution is 6.00. The lowest BCUT2D eigenvalue weighted by atomic mass is 10.1. The van der Waals surface area contributed by atoms with Gasteiger partial charge in [-0.2, -0.15) is 5.10 Å². The van der Waals surface area contributed by atoms with Gasteiger partial charge in [-0.25, -0.2) is 5.43 Å². The molecule has 0 saturated carbocycles. The zero-order chi connectivity index (χ0) is 16.7. The minimum Gasteiger partial charge on any atom is -0.497 e. The van der Waals surface area contributed by atoms with Crippen LogP contribution < -0.4 is 14.9 Å². The second-order valence-corrected chi connectivity index (χ2v) is 5.01. The summed E-state index contributed by atoms with van der Waals surface area (Å²) in [6, 6.07) is 14.9. The van der Waals surface area contributed by atoms with Gasteiger partial charge >= 0.3 is 0 Å². The molecule has 1 amide bonds. The van der Waals surface area contributed by atoms with E-state index < -0.39 is 0 Å². The summed E-state index contributed by atoms with van der Waals surface area (Å²) < 4.78 is 10.5. The van der Waals surface area contributed by atoms with Crippen LogP contribution in [0.2, 0.25) is 0 Å². The third-order valence-corrected chi connectivity index (χ3v) is 3.31. The van der Waals surface area contributed by atoms with Crippen LogP contribution in [-0.2, 0) is 4.79 Å². The normalized spacial score (nSPS) is 11.0. The Kier molecular flexibility index (Phi) is 5.74. The Morgan fingerprint density at radius 2 is 1.74 bits per heavy atom. The zero-order valence-electron chi connectivity index (χ0n) is 13.5. The molecule has 0 unspecified atom stereocenters. The lowest BCUT2D eigenvalue weighted by Crippen LogP contribution is -2.25. The molecule has 0 heterocycles. The number of hydrazone groups is 1. The molecule has 23 heavy (non-hydrogen) atoms. The van der Waals surface area contributed by atoms with Crippen molar-refractivity contribution in [3.05, 3.63) is 59.7 Å². The zero-order valence-corrected chi connectivity index (χ0v) is 13.5. The fraction of sp³-hybridized carbons (Fsp3) is 0.222. The van der Waals surface area contributed by atoms with Gasteiger partial charge in [0.1, 0.15) is 11.5 Å². The fourth-order valence-corrected chi connectivity index (χ4v) is 2.04. The summed E-state index contributed by atoms with van der Waals surface area (Å²) in [5.74, 6) is 1.02. The van der Waals surface area contributed by atoms with Crippen molar-refractivity contribution in [2.75, 3.05) is 13.7 Å². The molecular formula is C18H20N2O3. The number of amides is 1. The largest absolute Gasteiger partial charge is 0.497 e. The van der Waals surface area contributed by atoms with Gasteiger partial charge in [0.15, 0.2) is 6.61 Å². The Morgan fingerprint density at radius 3 is 2.39 bits per heavy atom. The van der Waals surface area contributed by atoms with Crippen LogP contribution in [0.25, 0.3) is 0 Å². The van der Waals surface area contributed by atoms with Gasteiger partial charge in [-0.05, 0) is 43.7 Å². The Balaban J connectivity index is 1.87. The van der Waals surface area contributed by atoms with Crippen molar-refractivity contribution in [2.45, 2.75) is 13.8 Å². The predicted octanol–water partition coefficient (Wildman–Crippen LogP) is 2.92. The molecule has 0 atom stereocenters. The Hall–Kier alpha value is -2.82. The summed E-state index contributed by atoms with van der Waals surface area (Å²) in [5.41, 5.74) is 5.36. The molecule has 2 aromatic rings. The van der Waals surface area contributed by atoms with Crippen LogP contribution in [0.5, 0.6) is 11.5 Å². The van der Waals surface area contributed by atoms with Crippen LogP contribution in [0.3, 0.4) is 0 Å². The molecule has 0 aliphatic rings. The van der Waals surface area contributed by atoms with Crippen LogP contribution in [0.1, 0.15) is 18.1 Å². The maximum atomic E-state index is 11.8. The van der Waals surface area contributed by atoms with Crippen molar-refractivity contribution in [2.24, 2.45) is 5.10 Å². The fourth-order valence-electron chi connectivity index (χ4n) is 2.04. The summed E-state index contributed by atoms with van der Waals surface area (Å²) in [6.45, 7) is 3.76. The molecule has 2 aromatic carbocycles. The summed E-state index contributed by atoms with van der Waals surface area (Å²) in [4.78, 5) is 11.8. The van der Waals surface area contributed by atoms with Crippen LogP contribution in [-0.4, -0.2) is 25.3 Å². The Labute approximate surface area is 135 Å². The lowest BCUT2D eigenvalue weighted by Gasteiger charge is -2.07. The molecule has 2 rings (SSSR count). The average molecular weight is 312 g/mol. The van der Waals surface area contributed by atoms with Crippen molar-refractivity contribution in [3.63, 3.8) is 0 Å². The number of nitrogens with zero attached hydrogens (tertiary/aromatic N) is 1. The molecular weight excluding hydrogens is 292 g/mol. The van der Waals surface area contributed by atoms with E-state index in [1.807, 2.05) is 38.1 Å². The third kappa shape index (κ3) is 4.85. The second-order valence-electron chi connectivity index (χ2n) is 5.01. The molecule has 0 spiro atoms. The summed E-state index contributed by atoms with van der Waals surface area (Å²) in [6.07, 6.45) is 0. The Morgan fingerprint density at radius 1 is 1.09 bits per heavy atom. The molecule has 0 bridgehead atoms. The topological polar surface area (TPSA) is 59.9 Å². The van der Waals surface area contributed by atoms with Gasteiger partial charge in [-0.1, -0.05) is 24.3 Å². The number of methoxy groups -OCH3 is 1. The van der Waals surface area contributed by atoms with Crippen LogP contribution >= 0.6 is 0 Å². The number of carbonyl (C=O) groups is 1. The molecule has 0 aliphatic heterocycles. The smallest absolute Gasteiger partial charge is 0.277 e. The molecule has 5 heteroatoms. The summed E-state index contributed by atoms with van der Waals surface area (Å²) in [5, 5.41) is 4.11. The third-order valence-electron chi connectivity index (χ3n) is 3.31. The van der Waals surface area contributed by atoms with E-state index >= 15 is 0 Å². The highest BCUT2D eigenvalue weighted by Gasteiger charge is 2.04. The van der Waals surface area contributed by atoms with Crippen LogP contribution in [0.15, 0.2) is 53.6 Å². The van der Waals surface area contributed by atoms with E-state index in [0.29, 0.717) is 5.75 Å². The first kappa shape index (κ1) is 16.5. The SMILES string of the molecule is COc1ccc(OCC(=O)N/N=C(/C)c2ccccc2C)cc1. The molecule has 1 N–H and O–H groups in total. The number of hydrogen-bond acceptors (Lipinski definition) is 4. The van der Waals surface area contributed by atoms with Gasteiger partial charge in [-0.15, -0.1) is 0 Å². The molecule has 120 valence electrons. The van der Waals surface area contributed by atoms with E-state index in [2.05, 4.69) is 10.5 Å². The maximum Gasteiger partial charge on any atom is 0.277 e. The van der Waals surface area contributed by atoms with Gasteiger partial charge in [0, 0.05) is 5.56 Å². The minimum absolute atomic E-state index is 0.100. The first-order valence-corrected chi connectivity index (χ1v) is 7.26. The van der Waals surface area contributed by atoms with Crippen LogP contribution in [0, 0.1) is 6.92 Å². The van der Waals surface area contributed by atoms with Crippen molar-refractivity contribution in [1.82, 2.24) is 5.43 Å². The molecule has 0 saturated heterocycles. The van der Waals surface area contributed by atoms with Crippen LogP contribution in [0.4, 0.5) is 0 Å². The van der Waals surface area contributed by atoms with Gasteiger partial charge < -0.3 is 9.47 Å². The van der Waals surface area contributed by atoms with Crippen molar-refractivity contribution in [3.8, 4) is 11.5 Å². The van der Waals surface area contributed by atoms with Gasteiger partial charge in [0.05, 0.1) is 12.8 Å². The molecule has 0 fully saturated rings. The number of rotatable bonds is 6. The number of hydrogen-bond donors (Lipinski definition) is 1. The number of nitrogens with one attached hydrogen (secondary N) is 1. The molecule has 0 radical (unpaired) electrons. The van der Waals surface area contributed by atoms with E-state index in [-0.39, 0.29) is 12.5 Å². The van der Waals surface area contributed by atoms with Crippen molar-refractivity contribution in [1.29, 1.82) is 0 Å². The van der Waals surface area contributed by atoms with E-state index in [1.165, 1.54) is 0 Å². The molecule has 5 nitrogen and oxygen atoms in total. The number of ether oxygens (including phenoxy) is 2. The van der Waals surface area contributed by atoms with Gasteiger partial charge in [0.2, 0.25) is 0 Å². The monoisotopic (exact) mass is 312 g/mol. The van der Waals surface area contributed by atoms with E-state index in [4.69, 9.17) is 9.47 Å². The second kappa shape index (κ2) is 7.98. The summed E-state index contributed by atoms with van der Waals surface area (Å²) >= 11 is 0. The Bertz CT molecular complexity index is 694. The number of benzene rings is 2. The molecule has 0 aliphatic carbocycles. The lowest BCUT2D eigenvalue weighted by molar-refractivity contribution is -0.123. The first-order chi connectivity index (χ1) is 11.1. The highest BCUT2D eigenvalue weighted by Crippen LogP contribution is 2.16. The maximum absolute atomic E-state index is 11.8. The standard InChI is InChI=1S/C18H20N2O3/c1-13-6-4-5-7-17(13)14(2)19-20-18(21)12-23-16-10-8-15(22-3)9-11-16/h4-11H,12H2,1-3H3,(H,20,21)/b19-14-. The van der Waals surface area contributed by atoms with E-state index in [1.54, 1.807) is 31.4 Å². The highest BCUT2D eigenvalue weighted by atomic mass is 16.5. The molecule has 0 aromatic heterocycles. The van der Waals surface area contributed by atoms with Crippen molar-refractivity contribution >= 4 is 11.6 Å². The number of carbonyl (C=O) groups excluding carboxylic acids is 1. The van der Waals surface area contributed by atoms with Gasteiger partial charge in [0.25, 0.3) is 5.91 Å². The van der Waals surface area contributed by atoms with E-state index in [0.717, 1.165) is 22.6 Å². The average Bonchev–Trinajstić information content (AvgIpc) is 2.58. The van der Waals surface area contributed by atoms with E-state index in [9.17, 15) is 4.79 Å². The van der Waals surface area contributed by atoms with Gasteiger partial charge in [-0.3, -0.25) is 4.79 Å². The predicted molar refractivity (Wildman–Crippen MR) is 90.0 cm³/mol. The first-order valence-electron chi connectivity index (χ1n) is 7.26. The quantitative estimate of drug-likeness (QED) is 0.659. The minimum atomic E-state index is -0.311. The number of aryl methyl sites for hydroxylation is 1. The summed E-state index contributed by atoms with van der Waals surface area (Å²) in [7, 11) is 1.60.